The summed E-state index contributed by atoms with van der Waals surface area (Å²) >= 11 is 2.67. The molecule has 0 fully saturated rings. The van der Waals surface area contributed by atoms with Crippen molar-refractivity contribution in [3.05, 3.63) is 54.6 Å². The summed E-state index contributed by atoms with van der Waals surface area (Å²) < 4.78 is 10.2. The Kier molecular flexibility index (Phi) is 5.45. The maximum Gasteiger partial charge on any atom is 0.234 e. The van der Waals surface area contributed by atoms with Gasteiger partial charge in [-0.2, -0.15) is 4.37 Å². The molecule has 3 aromatic rings. The van der Waals surface area contributed by atoms with Crippen LogP contribution < -0.4 is 10.1 Å². The Morgan fingerprint density at radius 3 is 2.62 bits per heavy atom. The molecular formula is C17H15N3O2S2. The number of nitrogens with one attached hydrogen (secondary N) is 1. The number of nitrogens with zero attached hydrogens (tertiary/aromatic N) is 2. The molecule has 0 saturated carbocycles. The van der Waals surface area contributed by atoms with Gasteiger partial charge in [-0.1, -0.05) is 30.0 Å². The summed E-state index contributed by atoms with van der Waals surface area (Å²) in [7, 11) is 1.63. The van der Waals surface area contributed by atoms with Crippen LogP contribution in [0.5, 0.6) is 5.75 Å². The molecule has 24 heavy (non-hydrogen) atoms. The number of aromatic nitrogens is 2. The zero-order chi connectivity index (χ0) is 16.8. The second kappa shape index (κ2) is 7.94. The third-order valence-corrected chi connectivity index (χ3v) is 4.97. The summed E-state index contributed by atoms with van der Waals surface area (Å²) in [5, 5.41) is 2.85. The van der Waals surface area contributed by atoms with Crippen LogP contribution in [0, 0.1) is 0 Å². The molecule has 1 amide bonds. The van der Waals surface area contributed by atoms with Crippen LogP contribution in [0.4, 0.5) is 5.69 Å². The smallest absolute Gasteiger partial charge is 0.234 e. The molecule has 2 aromatic carbocycles. The quantitative estimate of drug-likeness (QED) is 0.677. The van der Waals surface area contributed by atoms with Crippen molar-refractivity contribution in [2.24, 2.45) is 0 Å². The molecule has 0 bridgehead atoms. The molecule has 122 valence electrons. The molecule has 7 heteroatoms. The fourth-order valence-electron chi connectivity index (χ4n) is 1.97. The van der Waals surface area contributed by atoms with E-state index in [0.717, 1.165) is 21.3 Å². The van der Waals surface area contributed by atoms with E-state index in [1.807, 2.05) is 54.6 Å². The van der Waals surface area contributed by atoms with E-state index in [-0.39, 0.29) is 5.91 Å². The first-order chi connectivity index (χ1) is 11.7. The first-order valence-corrected chi connectivity index (χ1v) is 8.96. The molecule has 0 saturated heterocycles. The van der Waals surface area contributed by atoms with Crippen LogP contribution in [0.2, 0.25) is 0 Å². The molecule has 1 aromatic heterocycles. The lowest BCUT2D eigenvalue weighted by molar-refractivity contribution is -0.113. The van der Waals surface area contributed by atoms with E-state index < -0.39 is 0 Å². The number of hydrogen-bond donors (Lipinski definition) is 1. The lowest BCUT2D eigenvalue weighted by Gasteiger charge is -2.03. The molecule has 0 atom stereocenters. The number of carbonyl (C=O) groups excluding carboxylic acids is 1. The highest BCUT2D eigenvalue weighted by Crippen LogP contribution is 2.26. The molecule has 1 N–H and O–H groups in total. The molecule has 3 rings (SSSR count). The summed E-state index contributed by atoms with van der Waals surface area (Å²) in [5.41, 5.74) is 1.71. The predicted molar refractivity (Wildman–Crippen MR) is 97.7 cm³/mol. The van der Waals surface area contributed by atoms with Gasteiger partial charge in [-0.05, 0) is 47.9 Å². The summed E-state index contributed by atoms with van der Waals surface area (Å²) in [6.45, 7) is 0. The normalized spacial score (nSPS) is 10.4. The largest absolute Gasteiger partial charge is 0.497 e. The summed E-state index contributed by atoms with van der Waals surface area (Å²) in [6.07, 6.45) is 0. The number of carbonyl (C=O) groups is 1. The van der Waals surface area contributed by atoms with E-state index in [2.05, 4.69) is 14.7 Å². The molecule has 1 heterocycles. The predicted octanol–water partition coefficient (Wildman–Crippen LogP) is 3.94. The minimum absolute atomic E-state index is 0.0626. The highest BCUT2D eigenvalue weighted by molar-refractivity contribution is 8.01. The summed E-state index contributed by atoms with van der Waals surface area (Å²) in [4.78, 5) is 16.4. The number of methoxy groups -OCH3 is 1. The standard InChI is InChI=1S/C17H15N3O2S2/c1-22-14-9-7-12(8-10-14)16-19-17(24-20-16)23-11-15(21)18-13-5-3-2-4-6-13/h2-10H,11H2,1H3,(H,18,21). The van der Waals surface area contributed by atoms with Crippen molar-refractivity contribution in [2.45, 2.75) is 4.34 Å². The zero-order valence-corrected chi connectivity index (χ0v) is 14.6. The Morgan fingerprint density at radius 1 is 1.17 bits per heavy atom. The highest BCUT2D eigenvalue weighted by atomic mass is 32.2. The molecule has 0 spiro atoms. The number of rotatable bonds is 6. The molecule has 5 nitrogen and oxygen atoms in total. The molecule has 0 unspecified atom stereocenters. The Bertz CT molecular complexity index is 804. The van der Waals surface area contributed by atoms with Crippen LogP contribution in [0.15, 0.2) is 58.9 Å². The van der Waals surface area contributed by atoms with Crippen LogP contribution in [0.3, 0.4) is 0 Å². The number of ether oxygens (including phenoxy) is 1. The number of thioether (sulfide) groups is 1. The van der Waals surface area contributed by atoms with E-state index in [9.17, 15) is 4.79 Å². The fourth-order valence-corrected chi connectivity index (χ4v) is 3.39. The number of anilines is 1. The van der Waals surface area contributed by atoms with Gasteiger partial charge < -0.3 is 10.1 Å². The average molecular weight is 357 g/mol. The number of amides is 1. The second-order valence-electron chi connectivity index (χ2n) is 4.82. The van der Waals surface area contributed by atoms with Gasteiger partial charge in [0.15, 0.2) is 10.2 Å². The third kappa shape index (κ3) is 4.33. The SMILES string of the molecule is COc1ccc(-c2nsc(SCC(=O)Nc3ccccc3)n2)cc1. The van der Waals surface area contributed by atoms with Crippen molar-refractivity contribution in [1.29, 1.82) is 0 Å². The van der Waals surface area contributed by atoms with E-state index >= 15 is 0 Å². The lowest BCUT2D eigenvalue weighted by atomic mass is 10.2. The minimum atomic E-state index is -0.0626. The molecular weight excluding hydrogens is 342 g/mol. The first-order valence-electron chi connectivity index (χ1n) is 7.20. The van der Waals surface area contributed by atoms with Crippen molar-refractivity contribution < 1.29 is 9.53 Å². The van der Waals surface area contributed by atoms with Gasteiger partial charge >= 0.3 is 0 Å². The van der Waals surface area contributed by atoms with Crippen LogP contribution in [-0.2, 0) is 4.79 Å². The number of hydrogen-bond acceptors (Lipinski definition) is 6. The topological polar surface area (TPSA) is 64.1 Å². The first kappa shape index (κ1) is 16.5. The summed E-state index contributed by atoms with van der Waals surface area (Å²) in [5.74, 6) is 1.69. The van der Waals surface area contributed by atoms with Crippen molar-refractivity contribution in [3.8, 4) is 17.1 Å². The van der Waals surface area contributed by atoms with Gasteiger partial charge in [-0.15, -0.1) is 0 Å². The average Bonchev–Trinajstić information content (AvgIpc) is 3.10. The zero-order valence-electron chi connectivity index (χ0n) is 12.9. The van der Waals surface area contributed by atoms with Crippen LogP contribution in [0.1, 0.15) is 0 Å². The van der Waals surface area contributed by atoms with E-state index in [1.165, 1.54) is 23.3 Å². The van der Waals surface area contributed by atoms with Gasteiger partial charge in [0.05, 0.1) is 12.9 Å². The molecule has 0 radical (unpaired) electrons. The lowest BCUT2D eigenvalue weighted by Crippen LogP contribution is -2.13. The maximum absolute atomic E-state index is 11.9. The molecule has 0 aliphatic rings. The Morgan fingerprint density at radius 2 is 1.92 bits per heavy atom. The van der Waals surface area contributed by atoms with E-state index in [4.69, 9.17) is 4.74 Å². The highest BCUT2D eigenvalue weighted by Gasteiger charge is 2.10. The summed E-state index contributed by atoms with van der Waals surface area (Å²) in [6, 6.07) is 17.0. The molecule has 0 aliphatic heterocycles. The van der Waals surface area contributed by atoms with Gasteiger partial charge in [-0.3, -0.25) is 4.79 Å². The maximum atomic E-state index is 11.9. The number of benzene rings is 2. The minimum Gasteiger partial charge on any atom is -0.497 e. The Hall–Kier alpha value is -2.38. The van der Waals surface area contributed by atoms with Gasteiger partial charge in [-0.25, -0.2) is 4.98 Å². The van der Waals surface area contributed by atoms with E-state index in [1.54, 1.807) is 7.11 Å². The van der Waals surface area contributed by atoms with Crippen LogP contribution in [-0.4, -0.2) is 28.1 Å². The molecule has 0 aliphatic carbocycles. The van der Waals surface area contributed by atoms with Crippen molar-refractivity contribution in [2.75, 3.05) is 18.2 Å². The van der Waals surface area contributed by atoms with Crippen LogP contribution >= 0.6 is 23.3 Å². The second-order valence-corrected chi connectivity index (χ2v) is 6.79. The number of para-hydroxylation sites is 1. The van der Waals surface area contributed by atoms with E-state index in [0.29, 0.717) is 11.6 Å². The van der Waals surface area contributed by atoms with Gasteiger partial charge in [0.25, 0.3) is 0 Å². The monoisotopic (exact) mass is 357 g/mol. The van der Waals surface area contributed by atoms with Crippen molar-refractivity contribution >= 4 is 34.9 Å². The van der Waals surface area contributed by atoms with Crippen molar-refractivity contribution in [3.63, 3.8) is 0 Å². The fraction of sp³-hybridized carbons (Fsp3) is 0.118. The van der Waals surface area contributed by atoms with Crippen LogP contribution in [0.25, 0.3) is 11.4 Å². The van der Waals surface area contributed by atoms with Gasteiger partial charge in [0.1, 0.15) is 5.75 Å². The van der Waals surface area contributed by atoms with Gasteiger partial charge in [0, 0.05) is 11.3 Å². The van der Waals surface area contributed by atoms with Crippen molar-refractivity contribution in [1.82, 2.24) is 9.36 Å². The van der Waals surface area contributed by atoms with Gasteiger partial charge in [0.2, 0.25) is 5.91 Å². The third-order valence-electron chi connectivity index (χ3n) is 3.14. The Labute approximate surface area is 148 Å². The Balaban J connectivity index is 1.56.